The van der Waals surface area contributed by atoms with Crippen LogP contribution in [0.3, 0.4) is 0 Å². The molecule has 0 aliphatic heterocycles. The van der Waals surface area contributed by atoms with Crippen LogP contribution in [0.15, 0.2) is 24.5 Å². The number of fused-ring (bicyclic) bond motifs is 1. The van der Waals surface area contributed by atoms with E-state index in [1.54, 1.807) is 13.4 Å². The topological polar surface area (TPSA) is 47.3 Å². The van der Waals surface area contributed by atoms with Crippen LogP contribution in [0.1, 0.15) is 11.7 Å². The van der Waals surface area contributed by atoms with Crippen molar-refractivity contribution < 1.29 is 9.84 Å². The standard InChI is InChI=1S/C11H14N2O2/c1-13-7-12-9-5-8(3-4-10(9)13)11(6-14)15-2/h3-5,7,11,14H,6H2,1-2H3. The Labute approximate surface area is 88.1 Å². The first-order valence-electron chi connectivity index (χ1n) is 4.81. The van der Waals surface area contributed by atoms with E-state index in [0.29, 0.717) is 0 Å². The predicted molar refractivity (Wildman–Crippen MR) is 57.5 cm³/mol. The van der Waals surface area contributed by atoms with Gasteiger partial charge in [-0.05, 0) is 17.7 Å². The predicted octanol–water partition coefficient (Wildman–Crippen LogP) is 1.25. The summed E-state index contributed by atoms with van der Waals surface area (Å²) in [5.41, 5.74) is 2.95. The smallest absolute Gasteiger partial charge is 0.105 e. The van der Waals surface area contributed by atoms with Crippen LogP contribution in [-0.4, -0.2) is 28.4 Å². The molecule has 1 aromatic carbocycles. The minimum absolute atomic E-state index is 0.0190. The fourth-order valence-corrected chi connectivity index (χ4v) is 1.67. The van der Waals surface area contributed by atoms with Crippen LogP contribution in [0.4, 0.5) is 0 Å². The highest BCUT2D eigenvalue weighted by Gasteiger charge is 2.10. The molecule has 1 aromatic heterocycles. The molecule has 1 N–H and O–H groups in total. The molecule has 1 heterocycles. The Balaban J connectivity index is 2.46. The number of nitrogens with zero attached hydrogens (tertiary/aromatic N) is 2. The zero-order chi connectivity index (χ0) is 10.8. The second kappa shape index (κ2) is 4.00. The van der Waals surface area contributed by atoms with Crippen molar-refractivity contribution in [2.75, 3.05) is 13.7 Å². The number of imidazole rings is 1. The molecule has 2 aromatic rings. The first-order valence-corrected chi connectivity index (χ1v) is 4.81. The van der Waals surface area contributed by atoms with Gasteiger partial charge in [0.25, 0.3) is 0 Å². The van der Waals surface area contributed by atoms with Crippen molar-refractivity contribution in [1.82, 2.24) is 9.55 Å². The Hall–Kier alpha value is -1.39. The molecule has 0 spiro atoms. The summed E-state index contributed by atoms with van der Waals surface area (Å²) in [4.78, 5) is 4.26. The summed E-state index contributed by atoms with van der Waals surface area (Å²) in [5.74, 6) is 0. The number of aliphatic hydroxyl groups excluding tert-OH is 1. The van der Waals surface area contributed by atoms with Gasteiger partial charge >= 0.3 is 0 Å². The Morgan fingerprint density at radius 1 is 1.53 bits per heavy atom. The fourth-order valence-electron chi connectivity index (χ4n) is 1.67. The third-order valence-electron chi connectivity index (χ3n) is 2.57. The third-order valence-corrected chi connectivity index (χ3v) is 2.57. The van der Waals surface area contributed by atoms with Crippen molar-refractivity contribution in [1.29, 1.82) is 0 Å². The molecule has 4 nitrogen and oxygen atoms in total. The van der Waals surface area contributed by atoms with Gasteiger partial charge in [0.2, 0.25) is 0 Å². The minimum atomic E-state index is -0.267. The molecule has 0 aliphatic rings. The van der Waals surface area contributed by atoms with Gasteiger partial charge in [-0.2, -0.15) is 0 Å². The summed E-state index contributed by atoms with van der Waals surface area (Å²) in [6.45, 7) is -0.0190. The van der Waals surface area contributed by atoms with Gasteiger partial charge in [0.05, 0.1) is 24.0 Å². The monoisotopic (exact) mass is 206 g/mol. The molecule has 1 unspecified atom stereocenters. The third kappa shape index (κ3) is 1.73. The molecule has 15 heavy (non-hydrogen) atoms. The Bertz CT molecular complexity index is 461. The zero-order valence-corrected chi connectivity index (χ0v) is 8.84. The van der Waals surface area contributed by atoms with Crippen LogP contribution in [0.5, 0.6) is 0 Å². The van der Waals surface area contributed by atoms with E-state index in [-0.39, 0.29) is 12.7 Å². The molecule has 2 rings (SSSR count). The second-order valence-corrected chi connectivity index (χ2v) is 3.51. The van der Waals surface area contributed by atoms with Crippen LogP contribution in [-0.2, 0) is 11.8 Å². The van der Waals surface area contributed by atoms with Crippen LogP contribution in [0, 0.1) is 0 Å². The van der Waals surface area contributed by atoms with Gasteiger partial charge in [-0.15, -0.1) is 0 Å². The number of methoxy groups -OCH3 is 1. The summed E-state index contributed by atoms with van der Waals surface area (Å²) < 4.78 is 7.11. The lowest BCUT2D eigenvalue weighted by atomic mass is 10.1. The number of aromatic nitrogens is 2. The quantitative estimate of drug-likeness (QED) is 0.822. The number of ether oxygens (including phenoxy) is 1. The summed E-state index contributed by atoms with van der Waals surface area (Å²) in [6.07, 6.45) is 1.51. The maximum atomic E-state index is 9.11. The van der Waals surface area contributed by atoms with E-state index >= 15 is 0 Å². The molecule has 0 amide bonds. The van der Waals surface area contributed by atoms with E-state index in [1.165, 1.54) is 0 Å². The Morgan fingerprint density at radius 2 is 2.33 bits per heavy atom. The van der Waals surface area contributed by atoms with E-state index < -0.39 is 0 Å². The maximum absolute atomic E-state index is 9.11. The number of benzene rings is 1. The SMILES string of the molecule is COC(CO)c1ccc2c(c1)ncn2C. The molecular weight excluding hydrogens is 192 g/mol. The maximum Gasteiger partial charge on any atom is 0.105 e. The van der Waals surface area contributed by atoms with Gasteiger partial charge in [-0.1, -0.05) is 6.07 Å². The molecular formula is C11H14N2O2. The van der Waals surface area contributed by atoms with E-state index in [4.69, 9.17) is 9.84 Å². The van der Waals surface area contributed by atoms with E-state index in [2.05, 4.69) is 4.98 Å². The largest absolute Gasteiger partial charge is 0.393 e. The molecule has 0 aliphatic carbocycles. The summed E-state index contributed by atoms with van der Waals surface area (Å²) in [5, 5.41) is 9.11. The highest BCUT2D eigenvalue weighted by Crippen LogP contribution is 2.20. The number of aliphatic hydroxyl groups is 1. The van der Waals surface area contributed by atoms with Crippen molar-refractivity contribution in [3.05, 3.63) is 30.1 Å². The number of rotatable bonds is 3. The lowest BCUT2D eigenvalue weighted by Crippen LogP contribution is -2.05. The average molecular weight is 206 g/mol. The van der Waals surface area contributed by atoms with Crippen molar-refractivity contribution >= 4 is 11.0 Å². The van der Waals surface area contributed by atoms with Gasteiger partial charge in [-0.25, -0.2) is 4.98 Å². The van der Waals surface area contributed by atoms with E-state index in [9.17, 15) is 0 Å². The number of aryl methyl sites for hydroxylation is 1. The molecule has 0 radical (unpaired) electrons. The van der Waals surface area contributed by atoms with Crippen molar-refractivity contribution in [3.8, 4) is 0 Å². The number of hydrogen-bond acceptors (Lipinski definition) is 3. The van der Waals surface area contributed by atoms with E-state index in [0.717, 1.165) is 16.6 Å². The molecule has 0 bridgehead atoms. The molecule has 1 atom stereocenters. The van der Waals surface area contributed by atoms with Gasteiger partial charge in [0.15, 0.2) is 0 Å². The lowest BCUT2D eigenvalue weighted by molar-refractivity contribution is 0.0485. The summed E-state index contributed by atoms with van der Waals surface area (Å²) >= 11 is 0. The summed E-state index contributed by atoms with van der Waals surface area (Å²) in [7, 11) is 3.54. The average Bonchev–Trinajstić information content (AvgIpc) is 2.62. The van der Waals surface area contributed by atoms with Gasteiger partial charge in [0.1, 0.15) is 6.10 Å². The molecule has 80 valence electrons. The van der Waals surface area contributed by atoms with Crippen molar-refractivity contribution in [2.24, 2.45) is 7.05 Å². The molecule has 0 fully saturated rings. The van der Waals surface area contributed by atoms with E-state index in [1.807, 2.05) is 29.8 Å². The minimum Gasteiger partial charge on any atom is -0.393 e. The van der Waals surface area contributed by atoms with Crippen LogP contribution in [0.25, 0.3) is 11.0 Å². The summed E-state index contributed by atoms with van der Waals surface area (Å²) in [6, 6.07) is 5.88. The molecule has 0 saturated heterocycles. The zero-order valence-electron chi connectivity index (χ0n) is 8.84. The van der Waals surface area contributed by atoms with Gasteiger partial charge < -0.3 is 14.4 Å². The first kappa shape index (κ1) is 10.1. The highest BCUT2D eigenvalue weighted by atomic mass is 16.5. The van der Waals surface area contributed by atoms with Gasteiger partial charge in [0, 0.05) is 14.2 Å². The number of hydrogen-bond donors (Lipinski definition) is 1. The van der Waals surface area contributed by atoms with Crippen LogP contribution < -0.4 is 0 Å². The van der Waals surface area contributed by atoms with Crippen molar-refractivity contribution in [3.63, 3.8) is 0 Å². The Morgan fingerprint density at radius 3 is 3.00 bits per heavy atom. The van der Waals surface area contributed by atoms with Crippen LogP contribution >= 0.6 is 0 Å². The molecule has 0 saturated carbocycles. The normalized spacial score (nSPS) is 13.3. The highest BCUT2D eigenvalue weighted by molar-refractivity contribution is 5.76. The second-order valence-electron chi connectivity index (χ2n) is 3.51. The molecule has 4 heteroatoms. The van der Waals surface area contributed by atoms with Gasteiger partial charge in [-0.3, -0.25) is 0 Å². The van der Waals surface area contributed by atoms with Crippen molar-refractivity contribution in [2.45, 2.75) is 6.10 Å². The fraction of sp³-hybridized carbons (Fsp3) is 0.364. The lowest BCUT2D eigenvalue weighted by Gasteiger charge is -2.12. The van der Waals surface area contributed by atoms with Crippen LogP contribution in [0.2, 0.25) is 0 Å². The Kier molecular flexibility index (Phi) is 2.70. The first-order chi connectivity index (χ1) is 7.26.